The first-order valence-electron chi connectivity index (χ1n) is 8.08. The predicted octanol–water partition coefficient (Wildman–Crippen LogP) is 5.04. The van der Waals surface area contributed by atoms with Gasteiger partial charge in [0.25, 0.3) is 0 Å². The van der Waals surface area contributed by atoms with Gasteiger partial charge in [-0.15, -0.1) is 0 Å². The van der Waals surface area contributed by atoms with E-state index in [1.54, 1.807) is 12.1 Å². The van der Waals surface area contributed by atoms with Crippen LogP contribution in [0.15, 0.2) is 65.6 Å². The van der Waals surface area contributed by atoms with Gasteiger partial charge in [0.15, 0.2) is 5.60 Å². The monoisotopic (exact) mass is 350 g/mol. The number of aromatic hydroxyl groups is 2. The molecular weight excluding hydrogens is 332 g/mol. The number of aryl methyl sites for hydroxylation is 2. The molecule has 25 heavy (non-hydrogen) atoms. The van der Waals surface area contributed by atoms with Gasteiger partial charge in [-0.05, 0) is 66.4 Å². The van der Waals surface area contributed by atoms with E-state index >= 15 is 0 Å². The SMILES string of the molecule is Cc1cc(C2(c3ccc(O)c(C)c3)OSc3ccccc32)ccc1O. The van der Waals surface area contributed by atoms with Crippen LogP contribution in [0, 0.1) is 13.8 Å². The summed E-state index contributed by atoms with van der Waals surface area (Å²) in [5.74, 6) is 0.527. The number of phenolic OH excluding ortho intramolecular Hbond substituents is 2. The van der Waals surface area contributed by atoms with Gasteiger partial charge in [-0.2, -0.15) is 0 Å². The zero-order chi connectivity index (χ0) is 17.6. The molecule has 4 rings (SSSR count). The molecule has 0 atom stereocenters. The second kappa shape index (κ2) is 5.83. The Balaban J connectivity index is 2.02. The summed E-state index contributed by atoms with van der Waals surface area (Å²) in [6, 6.07) is 19.2. The molecule has 3 aromatic rings. The molecule has 2 N–H and O–H groups in total. The van der Waals surface area contributed by atoms with Crippen molar-refractivity contribution >= 4 is 12.0 Å². The molecule has 0 fully saturated rings. The van der Waals surface area contributed by atoms with E-state index in [2.05, 4.69) is 6.07 Å². The molecule has 0 bridgehead atoms. The fraction of sp³-hybridized carbons (Fsp3) is 0.143. The Morgan fingerprint density at radius 3 is 1.92 bits per heavy atom. The third-order valence-electron chi connectivity index (χ3n) is 4.73. The minimum Gasteiger partial charge on any atom is -0.508 e. The van der Waals surface area contributed by atoms with E-state index in [1.807, 2.05) is 56.3 Å². The molecule has 0 spiro atoms. The third-order valence-corrected chi connectivity index (χ3v) is 5.60. The molecule has 0 unspecified atom stereocenters. The van der Waals surface area contributed by atoms with Crippen LogP contribution in [-0.2, 0) is 9.78 Å². The summed E-state index contributed by atoms with van der Waals surface area (Å²) < 4.78 is 6.33. The quantitative estimate of drug-likeness (QED) is 0.636. The second-order valence-electron chi connectivity index (χ2n) is 6.35. The Bertz CT molecular complexity index is 914. The highest BCUT2D eigenvalue weighted by Gasteiger charge is 2.45. The molecule has 3 aromatic carbocycles. The first-order valence-corrected chi connectivity index (χ1v) is 8.82. The van der Waals surface area contributed by atoms with Crippen LogP contribution < -0.4 is 0 Å². The maximum atomic E-state index is 9.94. The molecule has 0 radical (unpaired) electrons. The largest absolute Gasteiger partial charge is 0.508 e. The first-order chi connectivity index (χ1) is 12.0. The number of hydrogen-bond acceptors (Lipinski definition) is 4. The van der Waals surface area contributed by atoms with Crippen molar-refractivity contribution in [2.75, 3.05) is 0 Å². The van der Waals surface area contributed by atoms with Gasteiger partial charge in [0.1, 0.15) is 11.5 Å². The number of hydrogen-bond donors (Lipinski definition) is 2. The van der Waals surface area contributed by atoms with E-state index in [-0.39, 0.29) is 11.5 Å². The maximum absolute atomic E-state index is 9.94. The van der Waals surface area contributed by atoms with Crippen molar-refractivity contribution in [2.45, 2.75) is 24.3 Å². The highest BCUT2D eigenvalue weighted by atomic mass is 32.2. The summed E-state index contributed by atoms with van der Waals surface area (Å²) in [5.41, 5.74) is 3.78. The minimum atomic E-state index is -0.780. The van der Waals surface area contributed by atoms with Gasteiger partial charge in [-0.25, -0.2) is 0 Å². The lowest BCUT2D eigenvalue weighted by atomic mass is 9.79. The van der Waals surface area contributed by atoms with Crippen LogP contribution >= 0.6 is 12.0 Å². The molecule has 126 valence electrons. The van der Waals surface area contributed by atoms with Crippen LogP contribution in [0.1, 0.15) is 27.8 Å². The zero-order valence-electron chi connectivity index (χ0n) is 14.0. The van der Waals surface area contributed by atoms with Gasteiger partial charge in [0.05, 0.1) is 0 Å². The van der Waals surface area contributed by atoms with Crippen LogP contribution in [0.3, 0.4) is 0 Å². The highest BCUT2D eigenvalue weighted by Crippen LogP contribution is 2.53. The Hall–Kier alpha value is -2.43. The molecule has 0 aliphatic carbocycles. The lowest BCUT2D eigenvalue weighted by Gasteiger charge is -2.30. The van der Waals surface area contributed by atoms with Gasteiger partial charge in [0.2, 0.25) is 0 Å². The lowest BCUT2D eigenvalue weighted by Crippen LogP contribution is -2.28. The number of phenols is 2. The van der Waals surface area contributed by atoms with Crippen molar-refractivity contribution in [3.8, 4) is 11.5 Å². The van der Waals surface area contributed by atoms with E-state index in [0.29, 0.717) is 0 Å². The predicted molar refractivity (Wildman–Crippen MR) is 99.0 cm³/mol. The van der Waals surface area contributed by atoms with Crippen molar-refractivity contribution in [1.29, 1.82) is 0 Å². The van der Waals surface area contributed by atoms with Gasteiger partial charge in [-0.1, -0.05) is 30.3 Å². The van der Waals surface area contributed by atoms with E-state index in [4.69, 9.17) is 4.18 Å². The first kappa shape index (κ1) is 16.1. The zero-order valence-corrected chi connectivity index (χ0v) is 14.8. The van der Waals surface area contributed by atoms with E-state index in [1.165, 1.54) is 12.0 Å². The van der Waals surface area contributed by atoms with Gasteiger partial charge in [0, 0.05) is 22.5 Å². The Kier molecular flexibility index (Phi) is 3.74. The normalized spacial score (nSPS) is 15.1. The van der Waals surface area contributed by atoms with Crippen molar-refractivity contribution < 1.29 is 14.4 Å². The van der Waals surface area contributed by atoms with Gasteiger partial charge in [-0.3, -0.25) is 4.18 Å². The second-order valence-corrected chi connectivity index (χ2v) is 7.12. The molecule has 4 heteroatoms. The molecule has 1 heterocycles. The fourth-order valence-corrected chi connectivity index (χ4v) is 4.24. The average Bonchev–Trinajstić information content (AvgIpc) is 3.00. The number of benzene rings is 3. The van der Waals surface area contributed by atoms with Gasteiger partial charge >= 0.3 is 0 Å². The van der Waals surface area contributed by atoms with Crippen LogP contribution in [0.25, 0.3) is 0 Å². The fourth-order valence-electron chi connectivity index (χ4n) is 3.31. The summed E-state index contributed by atoms with van der Waals surface area (Å²) in [6.07, 6.45) is 0. The van der Waals surface area contributed by atoms with Crippen LogP contribution in [0.4, 0.5) is 0 Å². The minimum absolute atomic E-state index is 0.264. The molecule has 0 saturated heterocycles. The molecular formula is C21H18O3S. The van der Waals surface area contributed by atoms with Crippen molar-refractivity contribution in [2.24, 2.45) is 0 Å². The molecule has 0 saturated carbocycles. The standard InChI is InChI=1S/C21H18O3S/c1-13-11-15(7-9-18(13)22)21(16-8-10-19(23)14(2)12-16)17-5-3-4-6-20(17)25-24-21/h3-12,22-23H,1-2H3. The van der Waals surface area contributed by atoms with E-state index in [0.717, 1.165) is 32.7 Å². The number of fused-ring (bicyclic) bond motifs is 1. The molecule has 0 amide bonds. The molecule has 1 aliphatic heterocycles. The molecule has 0 aromatic heterocycles. The Morgan fingerprint density at radius 2 is 1.36 bits per heavy atom. The Labute approximate surface area is 151 Å². The van der Waals surface area contributed by atoms with Crippen molar-refractivity contribution in [1.82, 2.24) is 0 Å². The average molecular weight is 350 g/mol. The summed E-state index contributed by atoms with van der Waals surface area (Å²) in [7, 11) is 0. The summed E-state index contributed by atoms with van der Waals surface area (Å²) in [5, 5.41) is 19.9. The van der Waals surface area contributed by atoms with Crippen LogP contribution in [0.2, 0.25) is 0 Å². The van der Waals surface area contributed by atoms with Crippen LogP contribution in [0.5, 0.6) is 11.5 Å². The smallest absolute Gasteiger partial charge is 0.159 e. The highest BCUT2D eigenvalue weighted by molar-refractivity contribution is 7.95. The van der Waals surface area contributed by atoms with E-state index in [9.17, 15) is 10.2 Å². The lowest BCUT2D eigenvalue weighted by molar-refractivity contribution is 0.204. The summed E-state index contributed by atoms with van der Waals surface area (Å²) in [6.45, 7) is 3.76. The topological polar surface area (TPSA) is 49.7 Å². The number of rotatable bonds is 2. The third kappa shape index (κ3) is 2.41. The van der Waals surface area contributed by atoms with E-state index < -0.39 is 5.60 Å². The Morgan fingerprint density at radius 1 is 0.800 bits per heavy atom. The van der Waals surface area contributed by atoms with Crippen molar-refractivity contribution in [3.63, 3.8) is 0 Å². The summed E-state index contributed by atoms with van der Waals surface area (Å²) in [4.78, 5) is 1.07. The molecule has 3 nitrogen and oxygen atoms in total. The maximum Gasteiger partial charge on any atom is 0.159 e. The summed E-state index contributed by atoms with van der Waals surface area (Å²) >= 11 is 1.36. The van der Waals surface area contributed by atoms with Gasteiger partial charge < -0.3 is 10.2 Å². The van der Waals surface area contributed by atoms with Crippen LogP contribution in [-0.4, -0.2) is 10.2 Å². The van der Waals surface area contributed by atoms with Crippen molar-refractivity contribution in [3.05, 3.63) is 88.5 Å². The molecule has 1 aliphatic rings.